The first-order valence-electron chi connectivity index (χ1n) is 7.10. The molecule has 2 N–H and O–H groups in total. The first-order valence-corrected chi connectivity index (χ1v) is 8.58. The Morgan fingerprint density at radius 2 is 2.00 bits per heavy atom. The summed E-state index contributed by atoms with van der Waals surface area (Å²) in [7, 11) is -3.58. The maximum Gasteiger partial charge on any atom is 0.243 e. The molecule has 0 aliphatic rings. The van der Waals surface area contributed by atoms with Crippen LogP contribution < -0.4 is 10.0 Å². The minimum atomic E-state index is -3.58. The Morgan fingerprint density at radius 3 is 2.76 bits per heavy atom. The van der Waals surface area contributed by atoms with Crippen LogP contribution in [0.4, 0.5) is 0 Å². The molecule has 114 valence electrons. The lowest BCUT2D eigenvalue weighted by Crippen LogP contribution is -2.40. The molecule has 0 fully saturated rings. The number of pyridine rings is 1. The van der Waals surface area contributed by atoms with Crippen LogP contribution in [0.25, 0.3) is 10.8 Å². The zero-order valence-electron chi connectivity index (χ0n) is 12.3. The van der Waals surface area contributed by atoms with Gasteiger partial charge in [-0.05, 0) is 19.9 Å². The second-order valence-electron chi connectivity index (χ2n) is 5.09. The highest BCUT2D eigenvalue weighted by Crippen LogP contribution is 2.21. The summed E-state index contributed by atoms with van der Waals surface area (Å²) in [6.07, 6.45) is 4.09. The van der Waals surface area contributed by atoms with Gasteiger partial charge in [-0.2, -0.15) is 0 Å². The van der Waals surface area contributed by atoms with E-state index >= 15 is 0 Å². The second-order valence-corrected chi connectivity index (χ2v) is 6.77. The molecule has 1 aromatic heterocycles. The van der Waals surface area contributed by atoms with Crippen LogP contribution in [0.2, 0.25) is 0 Å². The number of nitrogens with zero attached hydrogens (tertiary/aromatic N) is 1. The van der Waals surface area contributed by atoms with Gasteiger partial charge in [-0.1, -0.05) is 31.2 Å². The lowest BCUT2D eigenvalue weighted by molar-refractivity contribution is 0.536. The molecule has 2 rings (SSSR count). The summed E-state index contributed by atoms with van der Waals surface area (Å²) in [5, 5.41) is 4.71. The van der Waals surface area contributed by atoms with Crippen molar-refractivity contribution in [3.63, 3.8) is 0 Å². The van der Waals surface area contributed by atoms with Crippen molar-refractivity contribution >= 4 is 20.8 Å². The van der Waals surface area contributed by atoms with E-state index in [-0.39, 0.29) is 10.9 Å². The lowest BCUT2D eigenvalue weighted by Gasteiger charge is -2.15. The van der Waals surface area contributed by atoms with Gasteiger partial charge in [0, 0.05) is 35.8 Å². The molecule has 5 nitrogen and oxygen atoms in total. The van der Waals surface area contributed by atoms with Crippen molar-refractivity contribution in [3.8, 4) is 0 Å². The highest BCUT2D eigenvalue weighted by atomic mass is 32.2. The second kappa shape index (κ2) is 6.98. The van der Waals surface area contributed by atoms with E-state index in [4.69, 9.17) is 0 Å². The van der Waals surface area contributed by atoms with Gasteiger partial charge in [-0.25, -0.2) is 13.1 Å². The van der Waals surface area contributed by atoms with Crippen LogP contribution in [0.1, 0.15) is 20.3 Å². The molecule has 0 aliphatic heterocycles. The fraction of sp³-hybridized carbons (Fsp3) is 0.400. The van der Waals surface area contributed by atoms with Gasteiger partial charge in [0.05, 0.1) is 0 Å². The average molecular weight is 307 g/mol. The first kappa shape index (κ1) is 15.9. The van der Waals surface area contributed by atoms with Crippen LogP contribution in [0.5, 0.6) is 0 Å². The van der Waals surface area contributed by atoms with E-state index in [9.17, 15) is 8.42 Å². The number of aromatic nitrogens is 1. The number of hydrogen-bond acceptors (Lipinski definition) is 4. The summed E-state index contributed by atoms with van der Waals surface area (Å²) in [5.41, 5.74) is 0. The van der Waals surface area contributed by atoms with Gasteiger partial charge in [0.15, 0.2) is 0 Å². The molecule has 6 heteroatoms. The number of sulfonamides is 1. The van der Waals surface area contributed by atoms with Crippen molar-refractivity contribution in [1.29, 1.82) is 0 Å². The Labute approximate surface area is 125 Å². The van der Waals surface area contributed by atoms with Crippen LogP contribution in [0.3, 0.4) is 0 Å². The number of nitrogens with one attached hydrogen (secondary N) is 2. The molecule has 1 aromatic carbocycles. The van der Waals surface area contributed by atoms with Crippen molar-refractivity contribution in [2.24, 2.45) is 0 Å². The summed E-state index contributed by atoms with van der Waals surface area (Å²) in [6.45, 7) is 5.40. The van der Waals surface area contributed by atoms with Gasteiger partial charge in [0.1, 0.15) is 4.90 Å². The van der Waals surface area contributed by atoms with E-state index in [2.05, 4.69) is 21.9 Å². The third kappa shape index (κ3) is 4.00. The molecule has 21 heavy (non-hydrogen) atoms. The van der Waals surface area contributed by atoms with Crippen molar-refractivity contribution in [1.82, 2.24) is 15.0 Å². The zero-order chi connectivity index (χ0) is 15.3. The van der Waals surface area contributed by atoms with E-state index in [1.807, 2.05) is 25.1 Å². The van der Waals surface area contributed by atoms with Crippen LogP contribution in [0, 0.1) is 0 Å². The molecule has 1 heterocycles. The Balaban J connectivity index is 2.22. The van der Waals surface area contributed by atoms with Crippen LogP contribution in [-0.2, 0) is 10.0 Å². The van der Waals surface area contributed by atoms with E-state index < -0.39 is 10.0 Å². The Kier molecular flexibility index (Phi) is 5.27. The molecular weight excluding hydrogens is 286 g/mol. The van der Waals surface area contributed by atoms with Crippen molar-refractivity contribution in [3.05, 3.63) is 36.7 Å². The van der Waals surface area contributed by atoms with Crippen LogP contribution in [0.15, 0.2) is 41.6 Å². The molecule has 2 aromatic rings. The Bertz CT molecular complexity index is 696. The topological polar surface area (TPSA) is 71.1 Å². The molecule has 0 aliphatic carbocycles. The molecule has 0 saturated heterocycles. The summed E-state index contributed by atoms with van der Waals surface area (Å²) in [5.74, 6) is 0. The number of hydrogen-bond donors (Lipinski definition) is 2. The monoisotopic (exact) mass is 307 g/mol. The van der Waals surface area contributed by atoms with Crippen molar-refractivity contribution < 1.29 is 8.42 Å². The Morgan fingerprint density at radius 1 is 1.24 bits per heavy atom. The van der Waals surface area contributed by atoms with Gasteiger partial charge < -0.3 is 5.32 Å². The smallest absolute Gasteiger partial charge is 0.243 e. The van der Waals surface area contributed by atoms with Gasteiger partial charge in [0.2, 0.25) is 10.0 Å². The average Bonchev–Trinajstić information content (AvgIpc) is 2.46. The summed E-state index contributed by atoms with van der Waals surface area (Å²) in [4.78, 5) is 4.25. The third-order valence-electron chi connectivity index (χ3n) is 3.15. The lowest BCUT2D eigenvalue weighted by atomic mass is 10.2. The molecular formula is C15H21N3O2S. The normalized spacial score (nSPS) is 13.4. The quantitative estimate of drug-likeness (QED) is 0.767. The van der Waals surface area contributed by atoms with E-state index in [0.717, 1.165) is 18.4 Å². The largest absolute Gasteiger partial charge is 0.315 e. The first-order chi connectivity index (χ1) is 10.0. The van der Waals surface area contributed by atoms with Gasteiger partial charge in [-0.3, -0.25) is 4.98 Å². The van der Waals surface area contributed by atoms with Gasteiger partial charge in [0.25, 0.3) is 0 Å². The number of benzene rings is 1. The predicted octanol–water partition coefficient (Wildman–Crippen LogP) is 1.90. The molecule has 0 saturated carbocycles. The van der Waals surface area contributed by atoms with E-state index in [1.54, 1.807) is 12.3 Å². The Hall–Kier alpha value is -1.50. The molecule has 0 radical (unpaired) electrons. The predicted molar refractivity (Wildman–Crippen MR) is 84.7 cm³/mol. The minimum absolute atomic E-state index is 0.180. The summed E-state index contributed by atoms with van der Waals surface area (Å²) >= 11 is 0. The highest BCUT2D eigenvalue weighted by Gasteiger charge is 2.20. The summed E-state index contributed by atoms with van der Waals surface area (Å²) in [6, 6.07) is 7.17. The maximum absolute atomic E-state index is 12.5. The zero-order valence-corrected chi connectivity index (χ0v) is 13.2. The third-order valence-corrected chi connectivity index (χ3v) is 4.77. The van der Waals surface area contributed by atoms with Gasteiger partial charge in [-0.15, -0.1) is 0 Å². The highest BCUT2D eigenvalue weighted by molar-refractivity contribution is 7.89. The fourth-order valence-corrected chi connectivity index (χ4v) is 3.58. The minimum Gasteiger partial charge on any atom is -0.315 e. The molecule has 1 atom stereocenters. The van der Waals surface area contributed by atoms with Crippen molar-refractivity contribution in [2.45, 2.75) is 31.2 Å². The number of rotatable bonds is 7. The van der Waals surface area contributed by atoms with E-state index in [1.165, 1.54) is 6.20 Å². The van der Waals surface area contributed by atoms with Gasteiger partial charge >= 0.3 is 0 Å². The number of fused-ring (bicyclic) bond motifs is 1. The van der Waals surface area contributed by atoms with Crippen molar-refractivity contribution in [2.75, 3.05) is 13.1 Å². The van der Waals surface area contributed by atoms with Crippen LogP contribution >= 0.6 is 0 Å². The molecule has 0 bridgehead atoms. The maximum atomic E-state index is 12.5. The van der Waals surface area contributed by atoms with E-state index in [0.29, 0.717) is 11.9 Å². The van der Waals surface area contributed by atoms with Crippen LogP contribution in [-0.4, -0.2) is 32.5 Å². The fourth-order valence-electron chi connectivity index (χ4n) is 2.17. The summed E-state index contributed by atoms with van der Waals surface area (Å²) < 4.78 is 27.7. The SMILES string of the molecule is CCCNC[C@H](C)NS(=O)(=O)c1cncc2ccccc12. The molecule has 0 spiro atoms. The molecule has 0 amide bonds. The standard InChI is InChI=1S/C15H21N3O2S/c1-3-8-16-9-12(2)18-21(19,20)15-11-17-10-13-6-4-5-7-14(13)15/h4-7,10-12,16,18H,3,8-9H2,1-2H3/t12-/m0/s1. The molecule has 0 unspecified atom stereocenters.